The molecule has 2 heterocycles. The number of benzene rings is 1. The van der Waals surface area contributed by atoms with Gasteiger partial charge in [0.25, 0.3) is 0 Å². The maximum atomic E-state index is 12.7. The van der Waals surface area contributed by atoms with Gasteiger partial charge >= 0.3 is 6.18 Å². The van der Waals surface area contributed by atoms with Crippen LogP contribution in [0.3, 0.4) is 0 Å². The molecule has 2 aromatic heterocycles. The highest BCUT2D eigenvalue weighted by Gasteiger charge is 2.30. The number of pyridine rings is 2. The molecule has 3 rings (SSSR count). The average molecular weight is 289 g/mol. The summed E-state index contributed by atoms with van der Waals surface area (Å²) in [5, 5.41) is 0.778. The van der Waals surface area contributed by atoms with Crippen molar-refractivity contribution in [1.82, 2.24) is 9.97 Å². The molecule has 0 spiro atoms. The Morgan fingerprint density at radius 2 is 1.67 bits per heavy atom. The van der Waals surface area contributed by atoms with E-state index >= 15 is 0 Å². The molecular formula is C15H10F3N3. The summed E-state index contributed by atoms with van der Waals surface area (Å²) in [5.41, 5.74) is 6.10. The molecule has 0 aliphatic rings. The Morgan fingerprint density at radius 1 is 0.905 bits per heavy atom. The van der Waals surface area contributed by atoms with Gasteiger partial charge in [-0.2, -0.15) is 13.2 Å². The molecule has 0 fully saturated rings. The molecule has 0 atom stereocenters. The monoisotopic (exact) mass is 289 g/mol. The number of nitrogen functional groups attached to an aromatic ring is 1. The highest BCUT2D eigenvalue weighted by atomic mass is 19.4. The second-order valence-corrected chi connectivity index (χ2v) is 4.56. The third kappa shape index (κ3) is 2.65. The highest BCUT2D eigenvalue weighted by molar-refractivity contribution is 5.79. The maximum absolute atomic E-state index is 12.7. The maximum Gasteiger partial charge on any atom is 0.416 e. The molecule has 0 saturated heterocycles. The molecule has 0 unspecified atom stereocenters. The summed E-state index contributed by atoms with van der Waals surface area (Å²) in [4.78, 5) is 8.35. The fourth-order valence-electron chi connectivity index (χ4n) is 2.03. The Kier molecular flexibility index (Phi) is 3.01. The minimum Gasteiger partial charge on any atom is -0.384 e. The van der Waals surface area contributed by atoms with E-state index in [0.29, 0.717) is 22.7 Å². The summed E-state index contributed by atoms with van der Waals surface area (Å²) in [6.45, 7) is 0. The summed E-state index contributed by atoms with van der Waals surface area (Å²) in [5.74, 6) is 0.316. The molecular weight excluding hydrogens is 279 g/mol. The summed E-state index contributed by atoms with van der Waals surface area (Å²) in [7, 11) is 0. The van der Waals surface area contributed by atoms with Crippen molar-refractivity contribution in [3.63, 3.8) is 0 Å². The van der Waals surface area contributed by atoms with Crippen molar-refractivity contribution >= 4 is 16.9 Å². The first-order valence-corrected chi connectivity index (χ1v) is 6.14. The summed E-state index contributed by atoms with van der Waals surface area (Å²) >= 11 is 0. The number of hydrogen-bond acceptors (Lipinski definition) is 3. The second kappa shape index (κ2) is 4.73. The number of alkyl halides is 3. The highest BCUT2D eigenvalue weighted by Crippen LogP contribution is 2.32. The van der Waals surface area contributed by atoms with Gasteiger partial charge < -0.3 is 5.73 Å². The van der Waals surface area contributed by atoms with Gasteiger partial charge in [0.15, 0.2) is 5.65 Å². The molecule has 106 valence electrons. The van der Waals surface area contributed by atoms with Crippen LogP contribution in [0.1, 0.15) is 5.56 Å². The second-order valence-electron chi connectivity index (χ2n) is 4.56. The van der Waals surface area contributed by atoms with Crippen LogP contribution in [0.2, 0.25) is 0 Å². The van der Waals surface area contributed by atoms with Crippen LogP contribution in [-0.4, -0.2) is 9.97 Å². The van der Waals surface area contributed by atoms with Crippen LogP contribution in [0, 0.1) is 0 Å². The Balaban J connectivity index is 2.12. The average Bonchev–Trinajstić information content (AvgIpc) is 2.45. The molecule has 1 aromatic carbocycles. The normalized spacial score (nSPS) is 11.8. The number of halogens is 3. The van der Waals surface area contributed by atoms with Crippen LogP contribution >= 0.6 is 0 Å². The van der Waals surface area contributed by atoms with E-state index in [1.807, 2.05) is 0 Å². The van der Waals surface area contributed by atoms with Gasteiger partial charge in [-0.25, -0.2) is 9.97 Å². The molecule has 2 N–H and O–H groups in total. The molecule has 3 aromatic rings. The topological polar surface area (TPSA) is 51.8 Å². The zero-order valence-electron chi connectivity index (χ0n) is 10.7. The van der Waals surface area contributed by atoms with Crippen LogP contribution in [-0.2, 0) is 6.18 Å². The van der Waals surface area contributed by atoms with Gasteiger partial charge in [0.05, 0.1) is 11.3 Å². The van der Waals surface area contributed by atoms with Crippen LogP contribution in [0.25, 0.3) is 22.3 Å². The van der Waals surface area contributed by atoms with Crippen molar-refractivity contribution < 1.29 is 13.2 Å². The van der Waals surface area contributed by atoms with E-state index in [4.69, 9.17) is 5.73 Å². The molecule has 0 aliphatic heterocycles. The number of fused-ring (bicyclic) bond motifs is 1. The van der Waals surface area contributed by atoms with E-state index in [9.17, 15) is 13.2 Å². The zero-order chi connectivity index (χ0) is 15.0. The van der Waals surface area contributed by atoms with Crippen molar-refractivity contribution in [2.45, 2.75) is 6.18 Å². The molecule has 0 saturated carbocycles. The Hall–Kier alpha value is -2.63. The van der Waals surface area contributed by atoms with Crippen molar-refractivity contribution in [2.75, 3.05) is 5.73 Å². The van der Waals surface area contributed by atoms with E-state index in [2.05, 4.69) is 9.97 Å². The first-order chi connectivity index (χ1) is 9.93. The van der Waals surface area contributed by atoms with Gasteiger partial charge in [-0.15, -0.1) is 0 Å². The van der Waals surface area contributed by atoms with Crippen molar-refractivity contribution in [2.24, 2.45) is 0 Å². The number of nitrogens with two attached hydrogens (primary N) is 1. The molecule has 0 aliphatic carbocycles. The third-order valence-electron chi connectivity index (χ3n) is 3.06. The number of nitrogens with zero attached hydrogens (tertiary/aromatic N) is 2. The molecule has 0 bridgehead atoms. The van der Waals surface area contributed by atoms with E-state index in [1.54, 1.807) is 30.3 Å². The first kappa shape index (κ1) is 13.4. The lowest BCUT2D eigenvalue weighted by atomic mass is 10.1. The lowest BCUT2D eigenvalue weighted by molar-refractivity contribution is -0.137. The molecule has 3 nitrogen and oxygen atoms in total. The van der Waals surface area contributed by atoms with Gasteiger partial charge in [-0.1, -0.05) is 12.1 Å². The fraction of sp³-hybridized carbons (Fsp3) is 0.0667. The summed E-state index contributed by atoms with van der Waals surface area (Å²) in [6, 6.07) is 11.9. The van der Waals surface area contributed by atoms with Gasteiger partial charge in [0, 0.05) is 10.9 Å². The van der Waals surface area contributed by atoms with Gasteiger partial charge in [0.1, 0.15) is 5.82 Å². The van der Waals surface area contributed by atoms with Crippen molar-refractivity contribution in [1.29, 1.82) is 0 Å². The largest absolute Gasteiger partial charge is 0.416 e. The van der Waals surface area contributed by atoms with Crippen molar-refractivity contribution in [3.05, 3.63) is 54.1 Å². The first-order valence-electron chi connectivity index (χ1n) is 6.14. The Bertz CT molecular complexity index is 813. The van der Waals surface area contributed by atoms with E-state index in [1.165, 1.54) is 6.07 Å². The smallest absolute Gasteiger partial charge is 0.384 e. The Labute approximate surface area is 118 Å². The lowest BCUT2D eigenvalue weighted by Crippen LogP contribution is -2.04. The van der Waals surface area contributed by atoms with Crippen LogP contribution in [0.15, 0.2) is 48.5 Å². The number of aromatic nitrogens is 2. The predicted molar refractivity (Wildman–Crippen MR) is 74.4 cm³/mol. The van der Waals surface area contributed by atoms with E-state index in [-0.39, 0.29) is 0 Å². The quantitative estimate of drug-likeness (QED) is 0.739. The lowest BCUT2D eigenvalue weighted by Gasteiger charge is -2.09. The van der Waals surface area contributed by atoms with Crippen LogP contribution < -0.4 is 5.73 Å². The minimum absolute atomic E-state index is 0.316. The van der Waals surface area contributed by atoms with Crippen LogP contribution in [0.5, 0.6) is 0 Å². The number of rotatable bonds is 1. The van der Waals surface area contributed by atoms with Gasteiger partial charge in [-0.05, 0) is 36.4 Å². The zero-order valence-corrected chi connectivity index (χ0v) is 10.7. The van der Waals surface area contributed by atoms with E-state index < -0.39 is 11.7 Å². The third-order valence-corrected chi connectivity index (χ3v) is 3.06. The predicted octanol–water partition coefficient (Wildman–Crippen LogP) is 3.90. The number of hydrogen-bond donors (Lipinski definition) is 1. The van der Waals surface area contributed by atoms with Crippen LogP contribution in [0.4, 0.5) is 19.0 Å². The molecule has 6 heteroatoms. The number of anilines is 1. The van der Waals surface area contributed by atoms with Crippen molar-refractivity contribution in [3.8, 4) is 11.3 Å². The summed E-state index contributed by atoms with van der Waals surface area (Å²) in [6.07, 6.45) is -4.38. The molecule has 21 heavy (non-hydrogen) atoms. The van der Waals surface area contributed by atoms with Gasteiger partial charge in [0.2, 0.25) is 0 Å². The van der Waals surface area contributed by atoms with Gasteiger partial charge in [-0.3, -0.25) is 0 Å². The SMILES string of the molecule is Nc1ccc2ccc(-c3cccc(C(F)(F)F)c3)nc2n1. The summed E-state index contributed by atoms with van der Waals surface area (Å²) < 4.78 is 38.2. The standard InChI is InChI=1S/C15H10F3N3/c16-15(17,18)11-3-1-2-10(8-11)12-6-4-9-5-7-13(19)21-14(9)20-12/h1-8H,(H2,19,20,21). The molecule has 0 radical (unpaired) electrons. The van der Waals surface area contributed by atoms with E-state index in [0.717, 1.165) is 17.5 Å². The Morgan fingerprint density at radius 3 is 2.43 bits per heavy atom. The fourth-order valence-corrected chi connectivity index (χ4v) is 2.03. The molecule has 0 amide bonds. The minimum atomic E-state index is -4.38.